The third kappa shape index (κ3) is 3.93. The highest BCUT2D eigenvalue weighted by atomic mass is 32.1. The highest BCUT2D eigenvalue weighted by molar-refractivity contribution is 7.80. The molecule has 0 radical (unpaired) electrons. The molecule has 1 heterocycles. The molecule has 0 spiro atoms. The Kier molecular flexibility index (Phi) is 4.90. The van der Waals surface area contributed by atoms with Crippen molar-refractivity contribution in [3.8, 4) is 5.75 Å². The summed E-state index contributed by atoms with van der Waals surface area (Å²) in [6.07, 6.45) is 3.45. The van der Waals surface area contributed by atoms with E-state index in [1.807, 2.05) is 36.4 Å². The molecule has 0 aliphatic carbocycles. The van der Waals surface area contributed by atoms with Gasteiger partial charge < -0.3 is 15.4 Å². The van der Waals surface area contributed by atoms with Crippen LogP contribution in [0.3, 0.4) is 0 Å². The third-order valence-electron chi connectivity index (χ3n) is 2.88. The molecule has 2 aromatic rings. The molecule has 1 aromatic heterocycles. The summed E-state index contributed by atoms with van der Waals surface area (Å²) in [6, 6.07) is 11.8. The van der Waals surface area contributed by atoms with E-state index >= 15 is 0 Å². The SMILES string of the molecule is COc1ccc(C(C)NC(=S)Nc2cccnc2)cc1. The highest BCUT2D eigenvalue weighted by Crippen LogP contribution is 2.17. The summed E-state index contributed by atoms with van der Waals surface area (Å²) in [4.78, 5) is 4.03. The number of methoxy groups -OCH3 is 1. The number of hydrogen-bond donors (Lipinski definition) is 2. The second kappa shape index (κ2) is 6.86. The Bertz CT molecular complexity index is 557. The molecule has 2 rings (SSSR count). The number of ether oxygens (including phenoxy) is 1. The van der Waals surface area contributed by atoms with Crippen molar-refractivity contribution < 1.29 is 4.74 Å². The molecule has 0 fully saturated rings. The molecule has 2 N–H and O–H groups in total. The fourth-order valence-electron chi connectivity index (χ4n) is 1.78. The summed E-state index contributed by atoms with van der Waals surface area (Å²) in [6.45, 7) is 2.05. The lowest BCUT2D eigenvalue weighted by Gasteiger charge is -2.17. The van der Waals surface area contributed by atoms with Crippen molar-refractivity contribution in [3.63, 3.8) is 0 Å². The van der Waals surface area contributed by atoms with Crippen LogP contribution in [0.4, 0.5) is 5.69 Å². The van der Waals surface area contributed by atoms with Gasteiger partial charge in [-0.2, -0.15) is 0 Å². The number of thiocarbonyl (C=S) groups is 1. The maximum absolute atomic E-state index is 5.29. The van der Waals surface area contributed by atoms with Gasteiger partial charge in [0.1, 0.15) is 5.75 Å². The Hall–Kier alpha value is -2.14. The zero-order valence-corrected chi connectivity index (χ0v) is 12.3. The number of anilines is 1. The summed E-state index contributed by atoms with van der Waals surface area (Å²) >= 11 is 5.29. The van der Waals surface area contributed by atoms with E-state index in [9.17, 15) is 0 Å². The van der Waals surface area contributed by atoms with Gasteiger partial charge in [-0.3, -0.25) is 4.98 Å². The number of pyridine rings is 1. The molecular formula is C15H17N3OS. The molecule has 1 unspecified atom stereocenters. The first-order valence-electron chi connectivity index (χ1n) is 6.30. The average Bonchev–Trinajstić information content (AvgIpc) is 2.48. The molecule has 5 heteroatoms. The zero-order chi connectivity index (χ0) is 14.4. The fraction of sp³-hybridized carbons (Fsp3) is 0.200. The van der Waals surface area contributed by atoms with E-state index in [0.717, 1.165) is 17.0 Å². The lowest BCUT2D eigenvalue weighted by Crippen LogP contribution is -2.30. The number of benzene rings is 1. The molecule has 0 aliphatic heterocycles. The maximum atomic E-state index is 5.29. The predicted molar refractivity (Wildman–Crippen MR) is 85.0 cm³/mol. The van der Waals surface area contributed by atoms with Gasteiger partial charge in [0.05, 0.1) is 25.0 Å². The van der Waals surface area contributed by atoms with E-state index in [4.69, 9.17) is 17.0 Å². The molecule has 0 saturated heterocycles. The zero-order valence-electron chi connectivity index (χ0n) is 11.5. The van der Waals surface area contributed by atoms with Gasteiger partial charge in [0.25, 0.3) is 0 Å². The van der Waals surface area contributed by atoms with Crippen LogP contribution in [0.1, 0.15) is 18.5 Å². The Morgan fingerprint density at radius 2 is 2.00 bits per heavy atom. The number of rotatable bonds is 4. The highest BCUT2D eigenvalue weighted by Gasteiger charge is 2.07. The fourth-order valence-corrected chi connectivity index (χ4v) is 2.07. The minimum Gasteiger partial charge on any atom is -0.497 e. The lowest BCUT2D eigenvalue weighted by molar-refractivity contribution is 0.414. The first-order chi connectivity index (χ1) is 9.69. The van der Waals surface area contributed by atoms with Crippen LogP contribution in [0.15, 0.2) is 48.8 Å². The van der Waals surface area contributed by atoms with E-state index in [1.165, 1.54) is 0 Å². The summed E-state index contributed by atoms with van der Waals surface area (Å²) < 4.78 is 5.14. The third-order valence-corrected chi connectivity index (χ3v) is 3.10. The van der Waals surface area contributed by atoms with Crippen LogP contribution in [0.5, 0.6) is 5.75 Å². The van der Waals surface area contributed by atoms with Crippen molar-refractivity contribution in [1.82, 2.24) is 10.3 Å². The molecule has 104 valence electrons. The van der Waals surface area contributed by atoms with Crippen LogP contribution in [-0.4, -0.2) is 17.2 Å². The van der Waals surface area contributed by atoms with Crippen molar-refractivity contribution in [2.24, 2.45) is 0 Å². The standard InChI is InChI=1S/C15H17N3OS/c1-11(12-5-7-14(19-2)8-6-12)17-15(20)18-13-4-3-9-16-10-13/h3-11H,1-2H3,(H2,17,18,20). The normalized spacial score (nSPS) is 11.5. The molecule has 1 aromatic carbocycles. The average molecular weight is 287 g/mol. The van der Waals surface area contributed by atoms with Crippen LogP contribution < -0.4 is 15.4 Å². The van der Waals surface area contributed by atoms with E-state index in [0.29, 0.717) is 5.11 Å². The van der Waals surface area contributed by atoms with Crippen LogP contribution in [0, 0.1) is 0 Å². The topological polar surface area (TPSA) is 46.2 Å². The summed E-state index contributed by atoms with van der Waals surface area (Å²) in [5.41, 5.74) is 2.01. The molecule has 0 bridgehead atoms. The monoisotopic (exact) mass is 287 g/mol. The second-order valence-corrected chi connectivity index (χ2v) is 4.74. The Labute approximate surface area is 124 Å². The lowest BCUT2D eigenvalue weighted by atomic mass is 10.1. The number of nitrogens with zero attached hydrogens (tertiary/aromatic N) is 1. The van der Waals surface area contributed by atoms with E-state index < -0.39 is 0 Å². The summed E-state index contributed by atoms with van der Waals surface area (Å²) in [5, 5.41) is 6.90. The van der Waals surface area contributed by atoms with Gasteiger partial charge in [-0.1, -0.05) is 12.1 Å². The molecule has 20 heavy (non-hydrogen) atoms. The van der Waals surface area contributed by atoms with Gasteiger partial charge in [0.2, 0.25) is 0 Å². The van der Waals surface area contributed by atoms with Gasteiger partial charge >= 0.3 is 0 Å². The van der Waals surface area contributed by atoms with Gasteiger partial charge in [-0.15, -0.1) is 0 Å². The quantitative estimate of drug-likeness (QED) is 0.846. The molecule has 0 amide bonds. The van der Waals surface area contributed by atoms with Crippen LogP contribution in [0.2, 0.25) is 0 Å². The first-order valence-corrected chi connectivity index (χ1v) is 6.71. The molecule has 4 nitrogen and oxygen atoms in total. The second-order valence-electron chi connectivity index (χ2n) is 4.34. The number of nitrogens with one attached hydrogen (secondary N) is 2. The summed E-state index contributed by atoms with van der Waals surface area (Å²) in [5.74, 6) is 0.844. The molecule has 0 saturated carbocycles. The minimum atomic E-state index is 0.109. The summed E-state index contributed by atoms with van der Waals surface area (Å²) in [7, 11) is 1.66. The Morgan fingerprint density at radius 1 is 1.25 bits per heavy atom. The van der Waals surface area contributed by atoms with Crippen molar-refractivity contribution in [1.29, 1.82) is 0 Å². The minimum absolute atomic E-state index is 0.109. The van der Waals surface area contributed by atoms with Crippen molar-refractivity contribution in [3.05, 3.63) is 54.4 Å². The van der Waals surface area contributed by atoms with Crippen LogP contribution >= 0.6 is 12.2 Å². The number of aromatic nitrogens is 1. The molecule has 1 atom stereocenters. The van der Waals surface area contributed by atoms with Gasteiger partial charge in [0, 0.05) is 6.20 Å². The largest absolute Gasteiger partial charge is 0.497 e. The molecule has 0 aliphatic rings. The Morgan fingerprint density at radius 3 is 2.60 bits per heavy atom. The smallest absolute Gasteiger partial charge is 0.171 e. The first kappa shape index (κ1) is 14.3. The predicted octanol–water partition coefficient (Wildman–Crippen LogP) is 3.14. The van der Waals surface area contributed by atoms with E-state index in [-0.39, 0.29) is 6.04 Å². The van der Waals surface area contributed by atoms with Gasteiger partial charge in [0.15, 0.2) is 5.11 Å². The van der Waals surface area contributed by atoms with Crippen molar-refractivity contribution >= 4 is 23.0 Å². The van der Waals surface area contributed by atoms with Crippen LogP contribution in [0.25, 0.3) is 0 Å². The van der Waals surface area contributed by atoms with Crippen LogP contribution in [-0.2, 0) is 0 Å². The van der Waals surface area contributed by atoms with Gasteiger partial charge in [-0.05, 0) is 49.0 Å². The van der Waals surface area contributed by atoms with E-state index in [1.54, 1.807) is 19.5 Å². The van der Waals surface area contributed by atoms with Crippen molar-refractivity contribution in [2.45, 2.75) is 13.0 Å². The Balaban J connectivity index is 1.93. The number of hydrogen-bond acceptors (Lipinski definition) is 3. The maximum Gasteiger partial charge on any atom is 0.171 e. The van der Waals surface area contributed by atoms with Gasteiger partial charge in [-0.25, -0.2) is 0 Å². The van der Waals surface area contributed by atoms with E-state index in [2.05, 4.69) is 22.5 Å². The van der Waals surface area contributed by atoms with Crippen molar-refractivity contribution in [2.75, 3.05) is 12.4 Å². The molecular weight excluding hydrogens is 270 g/mol.